The van der Waals surface area contributed by atoms with Gasteiger partial charge in [-0.25, -0.2) is 13.1 Å². The zero-order valence-electron chi connectivity index (χ0n) is 15.9. The van der Waals surface area contributed by atoms with Gasteiger partial charge in [-0.2, -0.15) is 0 Å². The van der Waals surface area contributed by atoms with E-state index >= 15 is 0 Å². The van der Waals surface area contributed by atoms with E-state index < -0.39 is 15.9 Å². The highest BCUT2D eigenvalue weighted by molar-refractivity contribution is 7.90. The van der Waals surface area contributed by atoms with E-state index in [1.807, 2.05) is 66.1 Å². The highest BCUT2D eigenvalue weighted by atomic mass is 32.2. The van der Waals surface area contributed by atoms with Gasteiger partial charge in [0.05, 0.1) is 4.90 Å². The SMILES string of the molecule is Cc1ccc(S(=O)(=O)NC(=O)c2cc3ccccc3n2Cc2ccccc2)cc1. The summed E-state index contributed by atoms with van der Waals surface area (Å²) < 4.78 is 29.4. The second kappa shape index (κ2) is 7.56. The number of sulfonamides is 1. The van der Waals surface area contributed by atoms with Gasteiger partial charge in [0, 0.05) is 17.4 Å². The topological polar surface area (TPSA) is 68.2 Å². The number of carbonyl (C=O) groups is 1. The molecule has 4 aromatic rings. The van der Waals surface area contributed by atoms with Gasteiger partial charge < -0.3 is 4.57 Å². The number of rotatable bonds is 5. The Kier molecular flexibility index (Phi) is 4.94. The number of nitrogens with zero attached hydrogens (tertiary/aromatic N) is 1. The molecule has 0 unspecified atom stereocenters. The summed E-state index contributed by atoms with van der Waals surface area (Å²) in [5.74, 6) is -0.655. The molecule has 5 nitrogen and oxygen atoms in total. The van der Waals surface area contributed by atoms with Crippen molar-refractivity contribution < 1.29 is 13.2 Å². The molecule has 6 heteroatoms. The van der Waals surface area contributed by atoms with Gasteiger partial charge in [0.2, 0.25) is 0 Å². The minimum atomic E-state index is -3.96. The van der Waals surface area contributed by atoms with Crippen LogP contribution in [0, 0.1) is 6.92 Å². The normalized spacial score (nSPS) is 11.5. The number of carbonyl (C=O) groups excluding carboxylic acids is 1. The standard InChI is InChI=1S/C23H20N2O3S/c1-17-11-13-20(14-12-17)29(27,28)24-23(26)22-15-19-9-5-6-10-21(19)25(22)16-18-7-3-2-4-8-18/h2-15H,16H2,1H3,(H,24,26). The molecule has 0 aliphatic carbocycles. The van der Waals surface area contributed by atoms with Crippen molar-refractivity contribution in [2.45, 2.75) is 18.4 Å². The first-order valence-corrected chi connectivity index (χ1v) is 10.7. The zero-order valence-corrected chi connectivity index (χ0v) is 16.7. The van der Waals surface area contributed by atoms with Crippen LogP contribution in [-0.2, 0) is 16.6 Å². The smallest absolute Gasteiger partial charge is 0.281 e. The number of hydrogen-bond acceptors (Lipinski definition) is 3. The fourth-order valence-corrected chi connectivity index (χ4v) is 4.25. The highest BCUT2D eigenvalue weighted by Gasteiger charge is 2.22. The Morgan fingerprint density at radius 2 is 1.55 bits per heavy atom. The fraction of sp³-hybridized carbons (Fsp3) is 0.0870. The molecular weight excluding hydrogens is 384 g/mol. The van der Waals surface area contributed by atoms with Crippen molar-refractivity contribution in [3.63, 3.8) is 0 Å². The minimum absolute atomic E-state index is 0.0576. The number of nitrogens with one attached hydrogen (secondary N) is 1. The van der Waals surface area contributed by atoms with E-state index in [2.05, 4.69) is 4.72 Å². The van der Waals surface area contributed by atoms with E-state index in [0.717, 1.165) is 22.0 Å². The van der Waals surface area contributed by atoms with Gasteiger partial charge in [0.15, 0.2) is 0 Å². The molecule has 0 aliphatic rings. The van der Waals surface area contributed by atoms with Gasteiger partial charge in [-0.1, -0.05) is 66.2 Å². The van der Waals surface area contributed by atoms with E-state index in [9.17, 15) is 13.2 Å². The van der Waals surface area contributed by atoms with Crippen LogP contribution in [0.15, 0.2) is 89.8 Å². The largest absolute Gasteiger partial charge is 0.332 e. The summed E-state index contributed by atoms with van der Waals surface area (Å²) in [4.78, 5) is 13.0. The molecule has 0 saturated heterocycles. The molecule has 0 spiro atoms. The maximum atomic E-state index is 13.0. The lowest BCUT2D eigenvalue weighted by molar-refractivity contribution is 0.0973. The first kappa shape index (κ1) is 19.0. The summed E-state index contributed by atoms with van der Waals surface area (Å²) in [6.45, 7) is 2.33. The molecule has 29 heavy (non-hydrogen) atoms. The van der Waals surface area contributed by atoms with E-state index in [-0.39, 0.29) is 4.90 Å². The molecular formula is C23H20N2O3S. The number of fused-ring (bicyclic) bond motifs is 1. The predicted octanol–water partition coefficient (Wildman–Crippen LogP) is 4.12. The van der Waals surface area contributed by atoms with Crippen molar-refractivity contribution in [2.75, 3.05) is 0 Å². The van der Waals surface area contributed by atoms with Crippen LogP contribution < -0.4 is 4.72 Å². The van der Waals surface area contributed by atoms with E-state index in [1.54, 1.807) is 18.2 Å². The molecule has 1 N–H and O–H groups in total. The molecule has 4 rings (SSSR count). The molecule has 0 aliphatic heterocycles. The second-order valence-corrected chi connectivity index (χ2v) is 8.59. The quantitative estimate of drug-likeness (QED) is 0.544. The Balaban J connectivity index is 1.72. The monoisotopic (exact) mass is 404 g/mol. The molecule has 0 atom stereocenters. The number of para-hydroxylation sites is 1. The summed E-state index contributed by atoms with van der Waals surface area (Å²) in [5.41, 5.74) is 3.13. The van der Waals surface area contributed by atoms with Crippen molar-refractivity contribution in [1.29, 1.82) is 0 Å². The number of hydrogen-bond donors (Lipinski definition) is 1. The third-order valence-electron chi connectivity index (χ3n) is 4.79. The first-order chi connectivity index (χ1) is 13.9. The van der Waals surface area contributed by atoms with Crippen LogP contribution in [0.25, 0.3) is 10.9 Å². The van der Waals surface area contributed by atoms with Crippen LogP contribution >= 0.6 is 0 Å². The predicted molar refractivity (Wildman–Crippen MR) is 113 cm³/mol. The number of aromatic nitrogens is 1. The Morgan fingerprint density at radius 3 is 2.28 bits per heavy atom. The lowest BCUT2D eigenvalue weighted by Crippen LogP contribution is -2.32. The maximum Gasteiger partial charge on any atom is 0.281 e. The van der Waals surface area contributed by atoms with Crippen LogP contribution in [0.2, 0.25) is 0 Å². The van der Waals surface area contributed by atoms with E-state index in [0.29, 0.717) is 12.2 Å². The third kappa shape index (κ3) is 3.93. The number of benzene rings is 3. The highest BCUT2D eigenvalue weighted by Crippen LogP contribution is 2.22. The van der Waals surface area contributed by atoms with E-state index in [1.165, 1.54) is 12.1 Å². The molecule has 146 valence electrons. The van der Waals surface area contributed by atoms with Crippen LogP contribution in [0.4, 0.5) is 0 Å². The fourth-order valence-electron chi connectivity index (χ4n) is 3.29. The summed E-state index contributed by atoms with van der Waals surface area (Å²) in [7, 11) is -3.96. The zero-order chi connectivity index (χ0) is 20.4. The Bertz CT molecular complexity index is 1270. The molecule has 1 aromatic heterocycles. The third-order valence-corrected chi connectivity index (χ3v) is 6.13. The summed E-state index contributed by atoms with van der Waals surface area (Å²) in [6, 6.07) is 25.5. The van der Waals surface area contributed by atoms with Crippen molar-refractivity contribution in [3.05, 3.63) is 102 Å². The van der Waals surface area contributed by atoms with Crippen LogP contribution in [0.1, 0.15) is 21.6 Å². The number of amides is 1. The Labute approximate surface area is 169 Å². The molecule has 0 bridgehead atoms. The summed E-state index contributed by atoms with van der Waals surface area (Å²) in [6.07, 6.45) is 0. The maximum absolute atomic E-state index is 13.0. The van der Waals surface area contributed by atoms with Gasteiger partial charge in [-0.15, -0.1) is 0 Å². The summed E-state index contributed by atoms with van der Waals surface area (Å²) >= 11 is 0. The molecule has 1 amide bonds. The van der Waals surface area contributed by atoms with Gasteiger partial charge in [0.25, 0.3) is 15.9 Å². The average molecular weight is 404 g/mol. The molecule has 3 aromatic carbocycles. The molecule has 1 heterocycles. The Hall–Kier alpha value is -3.38. The number of aryl methyl sites for hydroxylation is 1. The lowest BCUT2D eigenvalue weighted by Gasteiger charge is -2.12. The summed E-state index contributed by atoms with van der Waals surface area (Å²) in [5, 5.41) is 0.876. The molecule has 0 fully saturated rings. The molecule has 0 radical (unpaired) electrons. The Morgan fingerprint density at radius 1 is 0.897 bits per heavy atom. The first-order valence-electron chi connectivity index (χ1n) is 9.20. The average Bonchev–Trinajstić information content (AvgIpc) is 3.07. The van der Waals surface area contributed by atoms with Crippen molar-refractivity contribution in [2.24, 2.45) is 0 Å². The lowest BCUT2D eigenvalue weighted by atomic mass is 10.2. The van der Waals surface area contributed by atoms with Gasteiger partial charge >= 0.3 is 0 Å². The van der Waals surface area contributed by atoms with Crippen molar-refractivity contribution in [1.82, 2.24) is 9.29 Å². The van der Waals surface area contributed by atoms with Gasteiger partial charge in [0.1, 0.15) is 5.69 Å². The van der Waals surface area contributed by atoms with Crippen LogP contribution in [0.5, 0.6) is 0 Å². The second-order valence-electron chi connectivity index (χ2n) is 6.91. The van der Waals surface area contributed by atoms with Crippen LogP contribution in [0.3, 0.4) is 0 Å². The van der Waals surface area contributed by atoms with Crippen LogP contribution in [-0.4, -0.2) is 18.9 Å². The van der Waals surface area contributed by atoms with Gasteiger partial charge in [-0.3, -0.25) is 4.79 Å². The minimum Gasteiger partial charge on any atom is -0.332 e. The van der Waals surface area contributed by atoms with Gasteiger partial charge in [-0.05, 0) is 36.8 Å². The van der Waals surface area contributed by atoms with Crippen molar-refractivity contribution >= 4 is 26.8 Å². The molecule has 0 saturated carbocycles. The van der Waals surface area contributed by atoms with E-state index in [4.69, 9.17) is 0 Å². The van der Waals surface area contributed by atoms with Crippen molar-refractivity contribution in [3.8, 4) is 0 Å².